The molecule has 1 fully saturated rings. The third-order valence-corrected chi connectivity index (χ3v) is 3.89. The van der Waals surface area contributed by atoms with E-state index in [1.54, 1.807) is 6.07 Å². The number of likely N-dealkylation sites (tertiary alicyclic amines) is 1. The molecule has 2 heterocycles. The molecule has 0 saturated carbocycles. The Kier molecular flexibility index (Phi) is 4.83. The highest BCUT2D eigenvalue weighted by atomic mass is 35.5. The number of aromatic nitrogens is 1. The minimum Gasteiger partial charge on any atom is -0.480 e. The van der Waals surface area contributed by atoms with Crippen LogP contribution in [0, 0.1) is 0 Å². The van der Waals surface area contributed by atoms with Gasteiger partial charge < -0.3 is 10.0 Å². The van der Waals surface area contributed by atoms with Gasteiger partial charge in [0.25, 0.3) is 5.91 Å². The van der Waals surface area contributed by atoms with Crippen LogP contribution in [0.5, 0.6) is 0 Å². The molecule has 0 unspecified atom stereocenters. The van der Waals surface area contributed by atoms with E-state index in [0.29, 0.717) is 18.5 Å². The molecule has 0 radical (unpaired) electrons. The second-order valence-corrected chi connectivity index (χ2v) is 5.99. The molecule has 1 atom stereocenters. The Labute approximate surface area is 128 Å². The van der Waals surface area contributed by atoms with Gasteiger partial charge in [-0.2, -0.15) is 0 Å². The predicted molar refractivity (Wildman–Crippen MR) is 79.6 cm³/mol. The van der Waals surface area contributed by atoms with E-state index >= 15 is 0 Å². The van der Waals surface area contributed by atoms with Crippen molar-refractivity contribution in [3.8, 4) is 0 Å². The zero-order valence-corrected chi connectivity index (χ0v) is 12.9. The Morgan fingerprint density at radius 3 is 2.71 bits per heavy atom. The first kappa shape index (κ1) is 15.8. The van der Waals surface area contributed by atoms with Crippen LogP contribution in [-0.2, 0) is 4.79 Å². The summed E-state index contributed by atoms with van der Waals surface area (Å²) in [5.74, 6) is -1.09. The van der Waals surface area contributed by atoms with Gasteiger partial charge in [0.1, 0.15) is 11.2 Å². The molecule has 0 aliphatic carbocycles. The Hall–Kier alpha value is -1.62. The number of hydrogen-bond donors (Lipinski definition) is 1. The van der Waals surface area contributed by atoms with E-state index in [2.05, 4.69) is 4.98 Å². The number of carbonyl (C=O) groups is 2. The first-order valence-corrected chi connectivity index (χ1v) is 7.49. The monoisotopic (exact) mass is 310 g/mol. The van der Waals surface area contributed by atoms with E-state index in [1.807, 2.05) is 13.8 Å². The van der Waals surface area contributed by atoms with Gasteiger partial charge in [0, 0.05) is 17.8 Å². The highest BCUT2D eigenvalue weighted by Gasteiger charge is 2.32. The summed E-state index contributed by atoms with van der Waals surface area (Å²) in [5, 5.41) is 9.53. The first-order chi connectivity index (χ1) is 9.90. The maximum Gasteiger partial charge on any atom is 0.326 e. The Bertz CT molecular complexity index is 560. The summed E-state index contributed by atoms with van der Waals surface area (Å²) in [6.07, 6.45) is 2.15. The third-order valence-electron chi connectivity index (χ3n) is 3.70. The SMILES string of the molecule is CC(C)c1cc(C(=O)N2CCCC[C@@H]2C(=O)O)cc(Cl)n1. The van der Waals surface area contributed by atoms with E-state index in [1.165, 1.54) is 11.0 Å². The van der Waals surface area contributed by atoms with Crippen molar-refractivity contribution in [3.63, 3.8) is 0 Å². The molecule has 1 aromatic rings. The molecule has 6 heteroatoms. The van der Waals surface area contributed by atoms with E-state index in [-0.39, 0.29) is 17.0 Å². The van der Waals surface area contributed by atoms with Crippen LogP contribution in [0.25, 0.3) is 0 Å². The Balaban J connectivity index is 2.32. The van der Waals surface area contributed by atoms with Crippen LogP contribution in [0.4, 0.5) is 0 Å². The lowest BCUT2D eigenvalue weighted by Crippen LogP contribution is -2.48. The second kappa shape index (κ2) is 6.43. The number of aliphatic carboxylic acids is 1. The molecule has 1 N–H and O–H groups in total. The zero-order valence-electron chi connectivity index (χ0n) is 12.2. The van der Waals surface area contributed by atoms with E-state index in [4.69, 9.17) is 11.6 Å². The van der Waals surface area contributed by atoms with Gasteiger partial charge in [-0.25, -0.2) is 9.78 Å². The number of piperidine rings is 1. The lowest BCUT2D eigenvalue weighted by atomic mass is 10.0. The van der Waals surface area contributed by atoms with Gasteiger partial charge in [-0.1, -0.05) is 25.4 Å². The molecular formula is C15H19ClN2O3. The summed E-state index contributed by atoms with van der Waals surface area (Å²) in [5.41, 5.74) is 1.14. The molecule has 1 aromatic heterocycles. The minimum atomic E-state index is -0.952. The normalized spacial score (nSPS) is 18.9. The van der Waals surface area contributed by atoms with Gasteiger partial charge in [0.15, 0.2) is 0 Å². The molecule has 1 saturated heterocycles. The number of amides is 1. The third kappa shape index (κ3) is 3.53. The molecule has 1 aliphatic rings. The molecule has 0 spiro atoms. The highest BCUT2D eigenvalue weighted by Crippen LogP contribution is 2.23. The number of hydrogen-bond acceptors (Lipinski definition) is 3. The Morgan fingerprint density at radius 2 is 2.10 bits per heavy atom. The molecule has 114 valence electrons. The lowest BCUT2D eigenvalue weighted by molar-refractivity contribution is -0.143. The fraction of sp³-hybridized carbons (Fsp3) is 0.533. The second-order valence-electron chi connectivity index (χ2n) is 5.61. The number of pyridine rings is 1. The van der Waals surface area contributed by atoms with Crippen molar-refractivity contribution in [1.29, 1.82) is 0 Å². The molecular weight excluding hydrogens is 292 g/mol. The van der Waals surface area contributed by atoms with Crippen molar-refractivity contribution in [2.75, 3.05) is 6.54 Å². The number of nitrogens with zero attached hydrogens (tertiary/aromatic N) is 2. The molecule has 0 bridgehead atoms. The van der Waals surface area contributed by atoms with Crippen LogP contribution in [0.15, 0.2) is 12.1 Å². The number of rotatable bonds is 3. The van der Waals surface area contributed by atoms with Gasteiger partial charge in [-0.3, -0.25) is 4.79 Å². The van der Waals surface area contributed by atoms with Crippen molar-refractivity contribution in [2.24, 2.45) is 0 Å². The number of carboxylic acid groups (broad SMARTS) is 1. The van der Waals surface area contributed by atoms with Crippen LogP contribution in [0.3, 0.4) is 0 Å². The van der Waals surface area contributed by atoms with Crippen molar-refractivity contribution in [3.05, 3.63) is 28.5 Å². The molecule has 21 heavy (non-hydrogen) atoms. The van der Waals surface area contributed by atoms with Crippen LogP contribution in [0.1, 0.15) is 55.1 Å². The minimum absolute atomic E-state index is 0.145. The topological polar surface area (TPSA) is 70.5 Å². The van der Waals surface area contributed by atoms with Crippen molar-refractivity contribution >= 4 is 23.5 Å². The maximum absolute atomic E-state index is 12.6. The smallest absolute Gasteiger partial charge is 0.326 e. The van der Waals surface area contributed by atoms with Crippen molar-refractivity contribution in [1.82, 2.24) is 9.88 Å². The summed E-state index contributed by atoms with van der Waals surface area (Å²) in [6.45, 7) is 4.40. The van der Waals surface area contributed by atoms with Crippen LogP contribution in [0.2, 0.25) is 5.15 Å². The molecule has 5 nitrogen and oxygen atoms in total. The average Bonchev–Trinajstić information content (AvgIpc) is 2.45. The standard InChI is InChI=1S/C15H19ClN2O3/c1-9(2)11-7-10(8-13(16)17-11)14(19)18-6-4-3-5-12(18)15(20)21/h7-9,12H,3-6H2,1-2H3,(H,20,21)/t12-/m1/s1. The first-order valence-electron chi connectivity index (χ1n) is 7.11. The van der Waals surface area contributed by atoms with Gasteiger partial charge in [0.05, 0.1) is 0 Å². The highest BCUT2D eigenvalue weighted by molar-refractivity contribution is 6.29. The Morgan fingerprint density at radius 1 is 1.38 bits per heavy atom. The fourth-order valence-electron chi connectivity index (χ4n) is 2.53. The number of halogens is 1. The summed E-state index contributed by atoms with van der Waals surface area (Å²) in [4.78, 5) is 29.6. The number of carboxylic acids is 1. The van der Waals surface area contributed by atoms with Crippen LogP contribution in [-0.4, -0.2) is 39.5 Å². The summed E-state index contributed by atoms with van der Waals surface area (Å²) < 4.78 is 0. The zero-order chi connectivity index (χ0) is 15.6. The van der Waals surface area contributed by atoms with E-state index < -0.39 is 12.0 Å². The fourth-order valence-corrected chi connectivity index (χ4v) is 2.75. The van der Waals surface area contributed by atoms with Gasteiger partial charge >= 0.3 is 5.97 Å². The summed E-state index contributed by atoms with van der Waals surface area (Å²) in [6, 6.07) is 2.45. The van der Waals surface area contributed by atoms with Crippen LogP contribution < -0.4 is 0 Å². The largest absolute Gasteiger partial charge is 0.480 e. The van der Waals surface area contributed by atoms with Crippen molar-refractivity contribution in [2.45, 2.75) is 45.1 Å². The molecule has 0 aromatic carbocycles. The quantitative estimate of drug-likeness (QED) is 0.871. The maximum atomic E-state index is 12.6. The molecule has 1 amide bonds. The average molecular weight is 311 g/mol. The summed E-state index contributed by atoms with van der Waals surface area (Å²) in [7, 11) is 0. The number of carbonyl (C=O) groups excluding carboxylic acids is 1. The van der Waals surface area contributed by atoms with E-state index in [9.17, 15) is 14.7 Å². The molecule has 1 aliphatic heterocycles. The van der Waals surface area contributed by atoms with Crippen molar-refractivity contribution < 1.29 is 14.7 Å². The van der Waals surface area contributed by atoms with Gasteiger partial charge in [-0.15, -0.1) is 0 Å². The lowest BCUT2D eigenvalue weighted by Gasteiger charge is -2.33. The van der Waals surface area contributed by atoms with Gasteiger partial charge in [0.2, 0.25) is 0 Å². The molecule has 2 rings (SSSR count). The van der Waals surface area contributed by atoms with Crippen LogP contribution >= 0.6 is 11.6 Å². The van der Waals surface area contributed by atoms with Gasteiger partial charge in [-0.05, 0) is 37.3 Å². The summed E-state index contributed by atoms with van der Waals surface area (Å²) >= 11 is 5.98. The van der Waals surface area contributed by atoms with E-state index in [0.717, 1.165) is 18.5 Å². The predicted octanol–water partition coefficient (Wildman–Crippen LogP) is 2.94.